The molecule has 0 spiro atoms. The number of aryl methyl sites for hydroxylation is 1. The molecular formula is C40H42N9O5+. The summed E-state index contributed by atoms with van der Waals surface area (Å²) in [5, 5.41) is 21.7. The summed E-state index contributed by atoms with van der Waals surface area (Å²) in [6.45, 7) is 8.56. The van der Waals surface area contributed by atoms with E-state index < -0.39 is 12.1 Å². The summed E-state index contributed by atoms with van der Waals surface area (Å²) in [5.74, 6) is -0.264. The largest absolute Gasteiger partial charge is 0.352 e. The molecule has 0 unspecified atom stereocenters. The fourth-order valence-electron chi connectivity index (χ4n) is 5.50. The average Bonchev–Trinajstić information content (AvgIpc) is 3.16. The maximum atomic E-state index is 12.9. The number of benzene rings is 4. The van der Waals surface area contributed by atoms with Crippen molar-refractivity contribution in [2.75, 3.05) is 34.4 Å². The smallest absolute Gasteiger partial charge is 0.323 e. The first kappa shape index (κ1) is 38.2. The fourth-order valence-corrected chi connectivity index (χ4v) is 5.50. The van der Waals surface area contributed by atoms with Crippen molar-refractivity contribution in [1.29, 1.82) is 0 Å². The molecule has 7 amide bonds. The zero-order chi connectivity index (χ0) is 38.7. The molecule has 4 aromatic carbocycles. The number of urea groups is 3. The SMILES string of the molecule is C=CC(=O)NCC(C)(C)CNC(=O)NCc1ccc(NC(=O)Nc2ccc3cc4ccc(NC(=O)Nc5ccc(CN=C=O)cc5)cc4[n+](C)c3c2)cc1. The zero-order valence-electron chi connectivity index (χ0n) is 30.2. The molecule has 0 fully saturated rings. The number of amides is 7. The van der Waals surface area contributed by atoms with Gasteiger partial charge in [-0.1, -0.05) is 44.7 Å². The Hall–Kier alpha value is -7.05. The van der Waals surface area contributed by atoms with Crippen LogP contribution in [0, 0.1) is 5.41 Å². The second-order valence-electron chi connectivity index (χ2n) is 13.3. The van der Waals surface area contributed by atoms with Crippen molar-refractivity contribution < 1.29 is 28.5 Å². The maximum absolute atomic E-state index is 12.9. The number of hydrogen-bond acceptors (Lipinski definition) is 6. The standard InChI is InChI=1S/C40H41N9O5/c1-5-36(51)43-23-40(2,3)24-44-37(52)42-22-27-8-14-31(15-9-27)46-39(54)48-33-17-11-29-18-28-10-16-32(19-34(28)49(4)35(29)20-33)47-38(53)45-30-12-6-26(7-13-30)21-41-25-50/h5-20H,1,21-24H2,2-4H3,(H6,42,43,44,45,46,47,48,51,52,53,54)/p+1. The molecule has 5 aromatic rings. The number of pyridine rings is 1. The molecule has 0 aliphatic heterocycles. The van der Waals surface area contributed by atoms with E-state index in [1.165, 1.54) is 12.2 Å². The molecule has 0 aliphatic rings. The summed E-state index contributed by atoms with van der Waals surface area (Å²) in [6.07, 6.45) is 2.71. The van der Waals surface area contributed by atoms with Crippen molar-refractivity contribution in [3.05, 3.63) is 115 Å². The van der Waals surface area contributed by atoms with E-state index in [0.29, 0.717) is 35.8 Å². The van der Waals surface area contributed by atoms with Gasteiger partial charge in [0.25, 0.3) is 0 Å². The summed E-state index contributed by atoms with van der Waals surface area (Å²) < 4.78 is 2.00. The van der Waals surface area contributed by atoms with E-state index in [1.807, 2.05) is 80.1 Å². The van der Waals surface area contributed by atoms with Gasteiger partial charge >= 0.3 is 18.1 Å². The lowest BCUT2D eigenvalue weighted by molar-refractivity contribution is -0.617. The van der Waals surface area contributed by atoms with Crippen LogP contribution >= 0.6 is 0 Å². The van der Waals surface area contributed by atoms with E-state index in [2.05, 4.69) is 48.8 Å². The third kappa shape index (κ3) is 10.7. The highest BCUT2D eigenvalue weighted by Gasteiger charge is 2.20. The normalized spacial score (nSPS) is 10.8. The van der Waals surface area contributed by atoms with Gasteiger partial charge in [0.2, 0.25) is 23.0 Å². The lowest BCUT2D eigenvalue weighted by Crippen LogP contribution is -2.44. The highest BCUT2D eigenvalue weighted by molar-refractivity contribution is 6.02. The molecule has 54 heavy (non-hydrogen) atoms. The van der Waals surface area contributed by atoms with Crippen molar-refractivity contribution in [2.24, 2.45) is 17.5 Å². The van der Waals surface area contributed by atoms with Crippen LogP contribution in [0.3, 0.4) is 0 Å². The quantitative estimate of drug-likeness (QED) is 0.0255. The molecule has 7 N–H and O–H groups in total. The molecule has 0 atom stereocenters. The first-order valence-corrected chi connectivity index (χ1v) is 17.1. The molecule has 0 saturated heterocycles. The van der Waals surface area contributed by atoms with Gasteiger partial charge in [-0.3, -0.25) is 4.79 Å². The van der Waals surface area contributed by atoms with Crippen LogP contribution in [0.15, 0.2) is 109 Å². The highest BCUT2D eigenvalue weighted by Crippen LogP contribution is 2.24. The van der Waals surface area contributed by atoms with Crippen LogP contribution in [0.2, 0.25) is 0 Å². The lowest BCUT2D eigenvalue weighted by Gasteiger charge is -2.25. The molecule has 276 valence electrons. The van der Waals surface area contributed by atoms with Crippen LogP contribution < -0.4 is 41.8 Å². The number of rotatable bonds is 13. The summed E-state index contributed by atoms with van der Waals surface area (Å²) in [7, 11) is 1.92. The predicted octanol–water partition coefficient (Wildman–Crippen LogP) is 6.07. The van der Waals surface area contributed by atoms with Gasteiger partial charge in [0.1, 0.15) is 7.05 Å². The van der Waals surface area contributed by atoms with Gasteiger partial charge in [0, 0.05) is 65.3 Å². The Morgan fingerprint density at radius 1 is 0.667 bits per heavy atom. The Morgan fingerprint density at radius 3 is 1.67 bits per heavy atom. The first-order valence-electron chi connectivity index (χ1n) is 17.1. The molecular weight excluding hydrogens is 686 g/mol. The van der Waals surface area contributed by atoms with E-state index in [9.17, 15) is 24.0 Å². The molecule has 5 rings (SSSR count). The molecule has 1 aromatic heterocycles. The summed E-state index contributed by atoms with van der Waals surface area (Å²) >= 11 is 0. The number of aliphatic imine (C=N–C) groups is 1. The van der Waals surface area contributed by atoms with Crippen LogP contribution in [-0.2, 0) is 29.7 Å². The number of nitrogens with one attached hydrogen (secondary N) is 7. The van der Waals surface area contributed by atoms with Gasteiger partial charge in [0.05, 0.1) is 6.54 Å². The lowest BCUT2D eigenvalue weighted by atomic mass is 9.93. The van der Waals surface area contributed by atoms with Crippen molar-refractivity contribution in [3.63, 3.8) is 0 Å². The number of aromatic nitrogens is 1. The van der Waals surface area contributed by atoms with Gasteiger partial charge in [-0.15, -0.1) is 0 Å². The fraction of sp³-hybridized carbons (Fsp3) is 0.200. The van der Waals surface area contributed by atoms with Crippen LogP contribution in [-0.4, -0.2) is 43.2 Å². The van der Waals surface area contributed by atoms with Crippen LogP contribution in [0.25, 0.3) is 21.8 Å². The molecule has 0 bridgehead atoms. The molecule has 14 nitrogen and oxygen atoms in total. The topological polar surface area (TPSA) is 186 Å². The van der Waals surface area contributed by atoms with E-state index in [0.717, 1.165) is 32.9 Å². The highest BCUT2D eigenvalue weighted by atomic mass is 16.2. The average molecular weight is 729 g/mol. The number of hydrogen-bond donors (Lipinski definition) is 7. The number of carbonyl (C=O) groups excluding carboxylic acids is 5. The monoisotopic (exact) mass is 728 g/mol. The van der Waals surface area contributed by atoms with Gasteiger partial charge in [-0.25, -0.2) is 24.2 Å². The van der Waals surface area contributed by atoms with Crippen molar-refractivity contribution in [1.82, 2.24) is 16.0 Å². The Bertz CT molecular complexity index is 2250. The third-order valence-corrected chi connectivity index (χ3v) is 8.47. The van der Waals surface area contributed by atoms with Gasteiger partial charge in [-0.05, 0) is 77.2 Å². The first-order chi connectivity index (χ1) is 25.9. The van der Waals surface area contributed by atoms with Gasteiger partial charge in [0.15, 0.2) is 0 Å². The van der Waals surface area contributed by atoms with Crippen molar-refractivity contribution in [2.45, 2.75) is 26.9 Å². The number of isocyanates is 1. The van der Waals surface area contributed by atoms with Crippen LogP contribution in [0.1, 0.15) is 25.0 Å². The molecule has 0 saturated carbocycles. The molecule has 14 heteroatoms. The minimum atomic E-state index is -0.420. The van der Waals surface area contributed by atoms with E-state index in [1.54, 1.807) is 36.4 Å². The number of anilines is 4. The Balaban J connectivity index is 1.14. The van der Waals surface area contributed by atoms with E-state index >= 15 is 0 Å². The summed E-state index contributed by atoms with van der Waals surface area (Å²) in [5.41, 5.74) is 5.40. The van der Waals surface area contributed by atoms with Crippen LogP contribution in [0.5, 0.6) is 0 Å². The third-order valence-electron chi connectivity index (χ3n) is 8.47. The molecule has 0 radical (unpaired) electrons. The Kier molecular flexibility index (Phi) is 12.3. The van der Waals surface area contributed by atoms with E-state index in [4.69, 9.17) is 0 Å². The second-order valence-corrected chi connectivity index (χ2v) is 13.3. The van der Waals surface area contributed by atoms with Crippen molar-refractivity contribution >= 4 is 74.6 Å². The Labute approximate surface area is 312 Å². The summed E-state index contributed by atoms with van der Waals surface area (Å²) in [6, 6.07) is 26.3. The number of carbonyl (C=O) groups is 4. The van der Waals surface area contributed by atoms with Gasteiger partial charge < -0.3 is 37.2 Å². The predicted molar refractivity (Wildman–Crippen MR) is 210 cm³/mol. The number of nitrogens with zero attached hydrogens (tertiary/aromatic N) is 2. The maximum Gasteiger partial charge on any atom is 0.323 e. The minimum Gasteiger partial charge on any atom is -0.352 e. The van der Waals surface area contributed by atoms with E-state index in [-0.39, 0.29) is 30.4 Å². The van der Waals surface area contributed by atoms with Crippen molar-refractivity contribution in [3.8, 4) is 0 Å². The Morgan fingerprint density at radius 2 is 1.15 bits per heavy atom. The summed E-state index contributed by atoms with van der Waals surface area (Å²) in [4.78, 5) is 63.3. The van der Waals surface area contributed by atoms with Gasteiger partial charge in [-0.2, -0.15) is 4.57 Å². The zero-order valence-corrected chi connectivity index (χ0v) is 30.2. The second kappa shape index (κ2) is 17.4. The molecule has 0 aliphatic carbocycles. The molecule has 1 heterocycles. The number of fused-ring (bicyclic) bond motifs is 2. The van der Waals surface area contributed by atoms with Crippen LogP contribution in [0.4, 0.5) is 37.1 Å². The minimum absolute atomic E-state index is 0.227.